The lowest BCUT2D eigenvalue weighted by atomic mass is 9.91. The van der Waals surface area contributed by atoms with Crippen LogP contribution in [0.4, 0.5) is 5.69 Å². The average Bonchev–Trinajstić information content (AvgIpc) is 3.07. The highest BCUT2D eigenvalue weighted by Gasteiger charge is 2.36. The molecule has 1 aromatic carbocycles. The van der Waals surface area contributed by atoms with E-state index in [1.54, 1.807) is 0 Å². The molecule has 2 atom stereocenters. The number of hydrogen-bond donors (Lipinski definition) is 2. The summed E-state index contributed by atoms with van der Waals surface area (Å²) in [7, 11) is 0. The second-order valence-corrected chi connectivity index (χ2v) is 5.38. The molecule has 3 heteroatoms. The number of aliphatic hydroxyl groups excluding tert-OH is 1. The molecule has 1 saturated carbocycles. The van der Waals surface area contributed by atoms with Crippen molar-refractivity contribution in [3.8, 4) is 0 Å². The lowest BCUT2D eigenvalue weighted by Crippen LogP contribution is -2.30. The molecule has 2 unspecified atom stereocenters. The van der Waals surface area contributed by atoms with E-state index >= 15 is 0 Å². The lowest BCUT2D eigenvalue weighted by Gasteiger charge is -2.32. The molecule has 0 spiro atoms. The van der Waals surface area contributed by atoms with Crippen LogP contribution in [-0.2, 0) is 0 Å². The van der Waals surface area contributed by atoms with Gasteiger partial charge in [-0.15, -0.1) is 0 Å². The maximum absolute atomic E-state index is 10.1. The molecule has 0 saturated heterocycles. The molecule has 0 radical (unpaired) electrons. The van der Waals surface area contributed by atoms with Crippen LogP contribution in [0.3, 0.4) is 0 Å². The minimum Gasteiger partial charge on any atom is -0.388 e. The fourth-order valence-electron chi connectivity index (χ4n) is 2.60. The van der Waals surface area contributed by atoms with Gasteiger partial charge >= 0.3 is 0 Å². The summed E-state index contributed by atoms with van der Waals surface area (Å²) >= 11 is 6.11. The Morgan fingerprint density at radius 1 is 1.38 bits per heavy atom. The maximum atomic E-state index is 10.1. The van der Waals surface area contributed by atoms with Gasteiger partial charge in [-0.2, -0.15) is 0 Å². The van der Waals surface area contributed by atoms with Crippen LogP contribution in [0.1, 0.15) is 36.5 Å². The van der Waals surface area contributed by atoms with Crippen molar-refractivity contribution in [3.05, 3.63) is 28.3 Å². The number of benzene rings is 1. The van der Waals surface area contributed by atoms with Crippen LogP contribution in [0.5, 0.6) is 0 Å². The van der Waals surface area contributed by atoms with Crippen molar-refractivity contribution in [2.45, 2.75) is 38.3 Å². The summed E-state index contributed by atoms with van der Waals surface area (Å²) in [6.07, 6.45) is 3.08. The van der Waals surface area contributed by atoms with Gasteiger partial charge in [0.15, 0.2) is 0 Å². The molecule has 86 valence electrons. The van der Waals surface area contributed by atoms with Crippen molar-refractivity contribution in [2.75, 3.05) is 5.32 Å². The van der Waals surface area contributed by atoms with E-state index in [1.165, 1.54) is 12.8 Å². The van der Waals surface area contributed by atoms with Gasteiger partial charge in [-0.25, -0.2) is 0 Å². The van der Waals surface area contributed by atoms with E-state index in [4.69, 9.17) is 11.6 Å². The van der Waals surface area contributed by atoms with Gasteiger partial charge in [0.05, 0.1) is 6.10 Å². The van der Waals surface area contributed by atoms with E-state index in [0.717, 1.165) is 34.2 Å². The average molecular weight is 238 g/mol. The second-order valence-electron chi connectivity index (χ2n) is 4.98. The van der Waals surface area contributed by atoms with Gasteiger partial charge < -0.3 is 10.4 Å². The van der Waals surface area contributed by atoms with Gasteiger partial charge in [0.2, 0.25) is 0 Å². The normalized spacial score (nSPS) is 28.4. The first-order valence-corrected chi connectivity index (χ1v) is 6.28. The Bertz CT molecular complexity index is 428. The molecule has 1 aromatic rings. The number of aliphatic hydroxyl groups is 1. The topological polar surface area (TPSA) is 32.3 Å². The van der Waals surface area contributed by atoms with Crippen LogP contribution in [-0.4, -0.2) is 11.1 Å². The van der Waals surface area contributed by atoms with Crippen molar-refractivity contribution in [1.29, 1.82) is 0 Å². The molecule has 1 aliphatic carbocycles. The van der Waals surface area contributed by atoms with Crippen molar-refractivity contribution >= 4 is 17.3 Å². The number of anilines is 1. The molecule has 16 heavy (non-hydrogen) atoms. The standard InChI is InChI=1S/C13H16ClNO/c1-7-10(14)5-4-9-12(16)6-11(8-2-3-8)15-13(7)9/h4-5,8,11-12,15-16H,2-3,6H2,1H3. The summed E-state index contributed by atoms with van der Waals surface area (Å²) in [4.78, 5) is 0. The first kappa shape index (κ1) is 10.4. The minimum atomic E-state index is -0.335. The van der Waals surface area contributed by atoms with E-state index in [1.807, 2.05) is 19.1 Å². The van der Waals surface area contributed by atoms with Crippen molar-refractivity contribution < 1.29 is 5.11 Å². The van der Waals surface area contributed by atoms with Gasteiger partial charge in [0.25, 0.3) is 0 Å². The fourth-order valence-corrected chi connectivity index (χ4v) is 2.75. The summed E-state index contributed by atoms with van der Waals surface area (Å²) in [6.45, 7) is 2.01. The van der Waals surface area contributed by atoms with Crippen molar-refractivity contribution in [1.82, 2.24) is 0 Å². The Kier molecular flexibility index (Phi) is 2.37. The van der Waals surface area contributed by atoms with E-state index in [9.17, 15) is 5.11 Å². The first-order valence-electron chi connectivity index (χ1n) is 5.90. The first-order chi connectivity index (χ1) is 7.66. The largest absolute Gasteiger partial charge is 0.388 e. The van der Waals surface area contributed by atoms with Crippen LogP contribution < -0.4 is 5.32 Å². The number of fused-ring (bicyclic) bond motifs is 1. The Labute approximate surface area is 101 Å². The van der Waals surface area contributed by atoms with E-state index in [2.05, 4.69) is 5.32 Å². The summed E-state index contributed by atoms with van der Waals surface area (Å²) in [5, 5.41) is 14.5. The SMILES string of the molecule is Cc1c(Cl)ccc2c1NC(C1CC1)CC2O. The van der Waals surface area contributed by atoms with E-state index < -0.39 is 0 Å². The predicted octanol–water partition coefficient (Wildman–Crippen LogP) is 3.28. The number of rotatable bonds is 1. The summed E-state index contributed by atoms with van der Waals surface area (Å²) in [5.41, 5.74) is 3.12. The molecular formula is C13H16ClNO. The van der Waals surface area contributed by atoms with Gasteiger partial charge in [0.1, 0.15) is 0 Å². The molecule has 2 N–H and O–H groups in total. The van der Waals surface area contributed by atoms with E-state index in [0.29, 0.717) is 6.04 Å². The van der Waals surface area contributed by atoms with Crippen LogP contribution in [0.15, 0.2) is 12.1 Å². The van der Waals surface area contributed by atoms with Gasteiger partial charge in [-0.05, 0) is 43.7 Å². The second kappa shape index (κ2) is 3.64. The number of hydrogen-bond acceptors (Lipinski definition) is 2. The summed E-state index contributed by atoms with van der Waals surface area (Å²) in [5.74, 6) is 0.751. The highest BCUT2D eigenvalue weighted by molar-refractivity contribution is 6.31. The molecule has 0 bridgehead atoms. The lowest BCUT2D eigenvalue weighted by molar-refractivity contribution is 0.152. The third kappa shape index (κ3) is 1.61. The molecular weight excluding hydrogens is 222 g/mol. The molecule has 2 aliphatic rings. The zero-order valence-corrected chi connectivity index (χ0v) is 10.1. The van der Waals surface area contributed by atoms with E-state index in [-0.39, 0.29) is 6.10 Å². The maximum Gasteiger partial charge on any atom is 0.0829 e. The Morgan fingerprint density at radius 3 is 2.81 bits per heavy atom. The molecule has 1 aliphatic heterocycles. The molecule has 0 amide bonds. The van der Waals surface area contributed by atoms with Crippen molar-refractivity contribution in [2.24, 2.45) is 5.92 Å². The molecule has 1 fully saturated rings. The van der Waals surface area contributed by atoms with Crippen LogP contribution in [0.2, 0.25) is 5.02 Å². The molecule has 2 nitrogen and oxygen atoms in total. The van der Waals surface area contributed by atoms with Crippen molar-refractivity contribution in [3.63, 3.8) is 0 Å². The minimum absolute atomic E-state index is 0.335. The van der Waals surface area contributed by atoms with Gasteiger partial charge in [0, 0.05) is 22.3 Å². The quantitative estimate of drug-likeness (QED) is 0.786. The zero-order valence-electron chi connectivity index (χ0n) is 9.33. The smallest absolute Gasteiger partial charge is 0.0829 e. The summed E-state index contributed by atoms with van der Waals surface area (Å²) in [6, 6.07) is 4.24. The molecule has 3 rings (SSSR count). The fraction of sp³-hybridized carbons (Fsp3) is 0.538. The molecule has 0 aromatic heterocycles. The Morgan fingerprint density at radius 2 is 2.12 bits per heavy atom. The highest BCUT2D eigenvalue weighted by atomic mass is 35.5. The Hall–Kier alpha value is -0.730. The zero-order chi connectivity index (χ0) is 11.3. The highest BCUT2D eigenvalue weighted by Crippen LogP contribution is 2.44. The van der Waals surface area contributed by atoms with Crippen LogP contribution in [0.25, 0.3) is 0 Å². The summed E-state index contributed by atoms with van der Waals surface area (Å²) < 4.78 is 0. The monoisotopic (exact) mass is 237 g/mol. The molecule has 1 heterocycles. The third-order valence-corrected chi connectivity index (χ3v) is 4.20. The number of halogens is 1. The van der Waals surface area contributed by atoms with Crippen LogP contribution >= 0.6 is 11.6 Å². The van der Waals surface area contributed by atoms with Crippen LogP contribution in [0, 0.1) is 12.8 Å². The third-order valence-electron chi connectivity index (χ3n) is 3.79. The Balaban J connectivity index is 2.01. The number of nitrogens with one attached hydrogen (secondary N) is 1. The van der Waals surface area contributed by atoms with Gasteiger partial charge in [-0.1, -0.05) is 17.7 Å². The predicted molar refractivity (Wildman–Crippen MR) is 65.9 cm³/mol. The van der Waals surface area contributed by atoms with Gasteiger partial charge in [-0.3, -0.25) is 0 Å².